The second kappa shape index (κ2) is 5.56. The van der Waals surface area contributed by atoms with Gasteiger partial charge in [0.05, 0.1) is 23.0 Å². The predicted octanol–water partition coefficient (Wildman–Crippen LogP) is 4.34. The smallest absolute Gasteiger partial charge is 0.125 e. The number of aromatic nitrogens is 2. The molecule has 2 fully saturated rings. The molecule has 2 aliphatic heterocycles. The topological polar surface area (TPSA) is 21.1 Å². The Hall–Kier alpha value is -0.580. The number of rotatable bonds is 2. The van der Waals surface area contributed by atoms with Crippen molar-refractivity contribution in [2.24, 2.45) is 0 Å². The minimum Gasteiger partial charge on any atom is -0.322 e. The Labute approximate surface area is 138 Å². The van der Waals surface area contributed by atoms with Gasteiger partial charge in [-0.15, -0.1) is 11.6 Å². The SMILES string of the molecule is ClCc1nc2cc(Br)ccc2n1C1CCN2CCCCC12. The maximum atomic E-state index is 6.19. The first kappa shape index (κ1) is 14.0. The average molecular weight is 369 g/mol. The summed E-state index contributed by atoms with van der Waals surface area (Å²) in [6.07, 6.45) is 5.23. The van der Waals surface area contributed by atoms with Gasteiger partial charge in [-0.25, -0.2) is 4.98 Å². The predicted molar refractivity (Wildman–Crippen MR) is 89.9 cm³/mol. The summed E-state index contributed by atoms with van der Waals surface area (Å²) in [5.41, 5.74) is 2.28. The van der Waals surface area contributed by atoms with Gasteiger partial charge in [-0.05, 0) is 44.0 Å². The van der Waals surface area contributed by atoms with Crippen LogP contribution in [-0.4, -0.2) is 33.6 Å². The van der Waals surface area contributed by atoms with Crippen molar-refractivity contribution in [2.75, 3.05) is 13.1 Å². The molecule has 0 N–H and O–H groups in total. The van der Waals surface area contributed by atoms with Gasteiger partial charge in [-0.3, -0.25) is 4.90 Å². The van der Waals surface area contributed by atoms with Crippen LogP contribution in [0.4, 0.5) is 0 Å². The molecule has 112 valence electrons. The number of halogens is 2. The molecule has 5 heteroatoms. The minimum absolute atomic E-state index is 0.482. The van der Waals surface area contributed by atoms with Gasteiger partial charge in [-0.1, -0.05) is 22.4 Å². The third-order valence-electron chi connectivity index (χ3n) is 5.00. The number of benzene rings is 1. The van der Waals surface area contributed by atoms with E-state index in [2.05, 4.69) is 43.6 Å². The van der Waals surface area contributed by atoms with Gasteiger partial charge in [0.1, 0.15) is 5.82 Å². The maximum Gasteiger partial charge on any atom is 0.125 e. The third-order valence-corrected chi connectivity index (χ3v) is 5.73. The van der Waals surface area contributed by atoms with Gasteiger partial charge >= 0.3 is 0 Å². The molecule has 1 aromatic carbocycles. The molecule has 2 aromatic rings. The van der Waals surface area contributed by atoms with Crippen molar-refractivity contribution in [1.29, 1.82) is 0 Å². The molecule has 4 rings (SSSR count). The van der Waals surface area contributed by atoms with Gasteiger partial charge in [0.2, 0.25) is 0 Å². The highest BCUT2D eigenvalue weighted by atomic mass is 79.9. The molecule has 2 aliphatic rings. The molecule has 1 aromatic heterocycles. The highest BCUT2D eigenvalue weighted by molar-refractivity contribution is 9.10. The molecule has 0 spiro atoms. The number of alkyl halides is 1. The van der Waals surface area contributed by atoms with Crippen molar-refractivity contribution < 1.29 is 0 Å². The van der Waals surface area contributed by atoms with E-state index in [1.807, 2.05) is 0 Å². The van der Waals surface area contributed by atoms with Gasteiger partial charge < -0.3 is 4.57 Å². The average Bonchev–Trinajstić information content (AvgIpc) is 3.07. The Kier molecular flexibility index (Phi) is 3.72. The molecule has 3 nitrogen and oxygen atoms in total. The largest absolute Gasteiger partial charge is 0.322 e. The first-order valence-electron chi connectivity index (χ1n) is 7.74. The normalized spacial score (nSPS) is 26.4. The number of hydrogen-bond donors (Lipinski definition) is 0. The lowest BCUT2D eigenvalue weighted by atomic mass is 9.98. The fourth-order valence-corrected chi connectivity index (χ4v) is 4.65. The van der Waals surface area contributed by atoms with Crippen molar-refractivity contribution in [2.45, 2.75) is 43.6 Å². The van der Waals surface area contributed by atoms with E-state index in [4.69, 9.17) is 16.6 Å². The molecule has 0 saturated carbocycles. The lowest BCUT2D eigenvalue weighted by Gasteiger charge is -2.33. The lowest BCUT2D eigenvalue weighted by molar-refractivity contribution is 0.174. The van der Waals surface area contributed by atoms with E-state index in [-0.39, 0.29) is 0 Å². The van der Waals surface area contributed by atoms with Crippen LogP contribution >= 0.6 is 27.5 Å². The number of hydrogen-bond acceptors (Lipinski definition) is 2. The van der Waals surface area contributed by atoms with E-state index in [9.17, 15) is 0 Å². The summed E-state index contributed by atoms with van der Waals surface area (Å²) >= 11 is 9.72. The number of piperidine rings is 1. The Morgan fingerprint density at radius 1 is 1.19 bits per heavy atom. The molecule has 2 saturated heterocycles. The van der Waals surface area contributed by atoms with E-state index >= 15 is 0 Å². The van der Waals surface area contributed by atoms with Gasteiger partial charge in [0.15, 0.2) is 0 Å². The highest BCUT2D eigenvalue weighted by Crippen LogP contribution is 2.38. The van der Waals surface area contributed by atoms with Crippen LogP contribution in [0.25, 0.3) is 11.0 Å². The third kappa shape index (κ3) is 2.32. The van der Waals surface area contributed by atoms with Crippen LogP contribution in [0.2, 0.25) is 0 Å². The monoisotopic (exact) mass is 367 g/mol. The van der Waals surface area contributed by atoms with Crippen molar-refractivity contribution in [1.82, 2.24) is 14.5 Å². The molecule has 0 amide bonds. The number of nitrogens with zero attached hydrogens (tertiary/aromatic N) is 3. The number of fused-ring (bicyclic) bond motifs is 2. The van der Waals surface area contributed by atoms with Crippen molar-refractivity contribution in [3.63, 3.8) is 0 Å². The van der Waals surface area contributed by atoms with E-state index < -0.39 is 0 Å². The van der Waals surface area contributed by atoms with Crippen molar-refractivity contribution in [3.05, 3.63) is 28.5 Å². The highest BCUT2D eigenvalue weighted by Gasteiger charge is 2.37. The van der Waals surface area contributed by atoms with Crippen LogP contribution in [-0.2, 0) is 5.88 Å². The van der Waals surface area contributed by atoms with E-state index in [0.717, 1.165) is 15.8 Å². The van der Waals surface area contributed by atoms with Crippen molar-refractivity contribution in [3.8, 4) is 0 Å². The zero-order valence-corrected chi connectivity index (χ0v) is 14.3. The quantitative estimate of drug-likeness (QED) is 0.735. The number of imidazole rings is 1. The summed E-state index contributed by atoms with van der Waals surface area (Å²) in [6.45, 7) is 2.48. The molecule has 2 atom stereocenters. The summed E-state index contributed by atoms with van der Waals surface area (Å²) in [7, 11) is 0. The summed E-state index contributed by atoms with van der Waals surface area (Å²) in [6, 6.07) is 7.57. The molecular weight excluding hydrogens is 350 g/mol. The molecule has 0 radical (unpaired) electrons. The first-order valence-corrected chi connectivity index (χ1v) is 9.07. The van der Waals surface area contributed by atoms with Crippen LogP contribution in [0.5, 0.6) is 0 Å². The fourth-order valence-electron chi connectivity index (χ4n) is 4.11. The summed E-state index contributed by atoms with van der Waals surface area (Å²) in [5.74, 6) is 1.50. The second-order valence-electron chi connectivity index (χ2n) is 6.12. The second-order valence-corrected chi connectivity index (χ2v) is 7.30. The molecule has 0 bridgehead atoms. The zero-order chi connectivity index (χ0) is 14.4. The Balaban J connectivity index is 1.81. The van der Waals surface area contributed by atoms with E-state index in [0.29, 0.717) is 18.0 Å². The Morgan fingerprint density at radius 2 is 2.10 bits per heavy atom. The zero-order valence-electron chi connectivity index (χ0n) is 11.9. The molecule has 21 heavy (non-hydrogen) atoms. The Morgan fingerprint density at radius 3 is 2.95 bits per heavy atom. The van der Waals surface area contributed by atoms with Crippen LogP contribution in [0.3, 0.4) is 0 Å². The molecule has 3 heterocycles. The van der Waals surface area contributed by atoms with Crippen LogP contribution in [0.1, 0.15) is 37.5 Å². The standard InChI is InChI=1S/C16H19BrClN3/c17-11-4-5-13-12(9-11)19-16(10-18)21(13)15-6-8-20-7-2-1-3-14(15)20/h4-5,9,14-15H,1-3,6-8,10H2. The molecular formula is C16H19BrClN3. The maximum absolute atomic E-state index is 6.19. The van der Waals surface area contributed by atoms with Gasteiger partial charge in [0.25, 0.3) is 0 Å². The molecule has 2 unspecified atom stereocenters. The van der Waals surface area contributed by atoms with E-state index in [1.54, 1.807) is 0 Å². The first-order chi connectivity index (χ1) is 10.3. The van der Waals surface area contributed by atoms with Crippen LogP contribution < -0.4 is 0 Å². The fraction of sp³-hybridized carbons (Fsp3) is 0.562. The summed E-state index contributed by atoms with van der Waals surface area (Å²) in [5, 5.41) is 0. The summed E-state index contributed by atoms with van der Waals surface area (Å²) in [4.78, 5) is 7.42. The van der Waals surface area contributed by atoms with Gasteiger partial charge in [0, 0.05) is 17.1 Å². The van der Waals surface area contributed by atoms with Crippen molar-refractivity contribution >= 4 is 38.6 Å². The van der Waals surface area contributed by atoms with E-state index in [1.165, 1.54) is 44.3 Å². The van der Waals surface area contributed by atoms with Gasteiger partial charge in [-0.2, -0.15) is 0 Å². The minimum atomic E-state index is 0.482. The summed E-state index contributed by atoms with van der Waals surface area (Å²) < 4.78 is 3.50. The lowest BCUT2D eigenvalue weighted by Crippen LogP contribution is -2.38. The van der Waals surface area contributed by atoms with Crippen LogP contribution in [0, 0.1) is 0 Å². The van der Waals surface area contributed by atoms with Crippen LogP contribution in [0.15, 0.2) is 22.7 Å². The Bertz CT molecular complexity index is 669. The molecule has 0 aliphatic carbocycles.